The van der Waals surface area contributed by atoms with E-state index in [1.165, 1.54) is 10.5 Å². The third-order valence-electron chi connectivity index (χ3n) is 2.97. The molecule has 1 aliphatic heterocycles. The highest BCUT2D eigenvalue weighted by Gasteiger charge is 2.34. The summed E-state index contributed by atoms with van der Waals surface area (Å²) in [7, 11) is 0. The molecule has 0 bridgehead atoms. The minimum atomic E-state index is -4.36. The average Bonchev–Trinajstić information content (AvgIpc) is 2.65. The Balaban J connectivity index is 2.30. The van der Waals surface area contributed by atoms with Crippen LogP contribution in [-0.2, 0) is 19.1 Å². The molecule has 3 heterocycles. The second-order valence-electron chi connectivity index (χ2n) is 4.05. The molecule has 0 unspecified atom stereocenters. The van der Waals surface area contributed by atoms with Crippen molar-refractivity contribution in [2.24, 2.45) is 0 Å². The standard InChI is InChI=1S/C11H10F3N3/c12-11(13,14)7-2-1-5-17-9-6-15-4-3-8(9)16-10(7)17/h1-2,5,15H,3-4,6H2. The maximum Gasteiger partial charge on any atom is 0.419 e. The fraction of sp³-hybridized carbons (Fsp3) is 0.364. The highest BCUT2D eigenvalue weighted by molar-refractivity contribution is 5.53. The van der Waals surface area contributed by atoms with Crippen LogP contribution in [0.15, 0.2) is 18.3 Å². The lowest BCUT2D eigenvalue weighted by Gasteiger charge is -2.12. The highest BCUT2D eigenvalue weighted by Crippen LogP contribution is 2.33. The molecule has 0 aliphatic carbocycles. The van der Waals surface area contributed by atoms with Crippen molar-refractivity contribution in [1.82, 2.24) is 14.7 Å². The summed E-state index contributed by atoms with van der Waals surface area (Å²) >= 11 is 0. The first-order valence-corrected chi connectivity index (χ1v) is 5.34. The van der Waals surface area contributed by atoms with E-state index >= 15 is 0 Å². The Labute approximate surface area is 95.3 Å². The number of nitrogens with one attached hydrogen (secondary N) is 1. The lowest BCUT2D eigenvalue weighted by Crippen LogP contribution is -2.24. The number of imidazole rings is 1. The zero-order valence-electron chi connectivity index (χ0n) is 8.88. The van der Waals surface area contributed by atoms with Gasteiger partial charge in [0.25, 0.3) is 0 Å². The van der Waals surface area contributed by atoms with E-state index in [0.29, 0.717) is 13.0 Å². The van der Waals surface area contributed by atoms with E-state index in [1.54, 1.807) is 6.20 Å². The first-order chi connectivity index (χ1) is 8.07. The molecule has 0 radical (unpaired) electrons. The zero-order valence-corrected chi connectivity index (χ0v) is 8.88. The van der Waals surface area contributed by atoms with Crippen LogP contribution >= 0.6 is 0 Å². The van der Waals surface area contributed by atoms with E-state index in [1.807, 2.05) is 0 Å². The Morgan fingerprint density at radius 2 is 2.18 bits per heavy atom. The number of hydrogen-bond acceptors (Lipinski definition) is 2. The predicted octanol–water partition coefficient (Wildman–Crippen LogP) is 2.00. The van der Waals surface area contributed by atoms with Gasteiger partial charge in [-0.05, 0) is 12.1 Å². The van der Waals surface area contributed by atoms with Gasteiger partial charge in [0.2, 0.25) is 0 Å². The summed E-state index contributed by atoms with van der Waals surface area (Å²) in [5, 5.41) is 3.14. The van der Waals surface area contributed by atoms with Crippen molar-refractivity contribution in [1.29, 1.82) is 0 Å². The SMILES string of the molecule is FC(F)(F)c1cccn2c3c(nc12)CCNC3. The molecular formula is C11H10F3N3. The van der Waals surface area contributed by atoms with Crippen LogP contribution in [-0.4, -0.2) is 15.9 Å². The first-order valence-electron chi connectivity index (χ1n) is 5.34. The zero-order chi connectivity index (χ0) is 12.0. The Bertz CT molecular complexity index is 571. The molecule has 0 fully saturated rings. The van der Waals surface area contributed by atoms with Crippen LogP contribution in [0, 0.1) is 0 Å². The van der Waals surface area contributed by atoms with E-state index in [4.69, 9.17) is 0 Å². The Morgan fingerprint density at radius 1 is 1.35 bits per heavy atom. The summed E-state index contributed by atoms with van der Waals surface area (Å²) in [5.74, 6) is 0. The van der Waals surface area contributed by atoms with Crippen LogP contribution in [0.25, 0.3) is 5.65 Å². The summed E-state index contributed by atoms with van der Waals surface area (Å²) in [5.41, 5.74) is 0.931. The van der Waals surface area contributed by atoms with E-state index in [0.717, 1.165) is 24.0 Å². The Kier molecular flexibility index (Phi) is 2.16. The number of alkyl halides is 3. The molecule has 0 spiro atoms. The molecule has 2 aromatic rings. The van der Waals surface area contributed by atoms with Gasteiger partial charge in [0.1, 0.15) is 5.65 Å². The van der Waals surface area contributed by atoms with E-state index < -0.39 is 11.7 Å². The lowest BCUT2D eigenvalue weighted by molar-refractivity contribution is -0.136. The smallest absolute Gasteiger partial charge is 0.311 e. The fourth-order valence-corrected chi connectivity index (χ4v) is 2.19. The van der Waals surface area contributed by atoms with Gasteiger partial charge >= 0.3 is 6.18 Å². The maximum atomic E-state index is 12.8. The van der Waals surface area contributed by atoms with Crippen molar-refractivity contribution >= 4 is 5.65 Å². The van der Waals surface area contributed by atoms with Gasteiger partial charge in [-0.15, -0.1) is 0 Å². The normalized spacial score (nSPS) is 16.2. The first kappa shape index (κ1) is 10.6. The van der Waals surface area contributed by atoms with Gasteiger partial charge in [0.05, 0.1) is 17.0 Å². The molecule has 2 aromatic heterocycles. The van der Waals surface area contributed by atoms with E-state index in [-0.39, 0.29) is 5.65 Å². The van der Waals surface area contributed by atoms with Crippen LogP contribution in [0.4, 0.5) is 13.2 Å². The van der Waals surface area contributed by atoms with Crippen molar-refractivity contribution in [3.8, 4) is 0 Å². The van der Waals surface area contributed by atoms with Crippen molar-refractivity contribution in [3.05, 3.63) is 35.3 Å². The summed E-state index contributed by atoms with van der Waals surface area (Å²) in [6.07, 6.45) is -2.05. The molecule has 1 aliphatic rings. The average molecular weight is 241 g/mol. The number of aromatic nitrogens is 2. The minimum Gasteiger partial charge on any atom is -0.311 e. The van der Waals surface area contributed by atoms with Crippen molar-refractivity contribution < 1.29 is 13.2 Å². The molecular weight excluding hydrogens is 231 g/mol. The third kappa shape index (κ3) is 1.59. The van der Waals surface area contributed by atoms with Crippen LogP contribution in [0.3, 0.4) is 0 Å². The van der Waals surface area contributed by atoms with Crippen LogP contribution in [0.2, 0.25) is 0 Å². The second-order valence-corrected chi connectivity index (χ2v) is 4.05. The summed E-state index contributed by atoms with van der Waals surface area (Å²) in [6, 6.07) is 2.48. The molecule has 0 aromatic carbocycles. The van der Waals surface area contributed by atoms with Gasteiger partial charge in [-0.3, -0.25) is 0 Å². The number of pyridine rings is 1. The third-order valence-corrected chi connectivity index (χ3v) is 2.97. The van der Waals surface area contributed by atoms with Crippen molar-refractivity contribution in [2.75, 3.05) is 6.54 Å². The number of fused-ring (bicyclic) bond motifs is 3. The molecule has 1 N–H and O–H groups in total. The highest BCUT2D eigenvalue weighted by atomic mass is 19.4. The quantitative estimate of drug-likeness (QED) is 0.764. The van der Waals surface area contributed by atoms with Gasteiger partial charge in [-0.2, -0.15) is 13.2 Å². The maximum absolute atomic E-state index is 12.8. The predicted molar refractivity (Wildman–Crippen MR) is 55.6 cm³/mol. The number of nitrogens with zero attached hydrogens (tertiary/aromatic N) is 2. The summed E-state index contributed by atoms with van der Waals surface area (Å²) in [4.78, 5) is 4.12. The lowest BCUT2D eigenvalue weighted by atomic mass is 10.2. The molecule has 0 saturated heterocycles. The van der Waals surface area contributed by atoms with Crippen LogP contribution in [0.1, 0.15) is 17.0 Å². The molecule has 6 heteroatoms. The topological polar surface area (TPSA) is 29.3 Å². The minimum absolute atomic E-state index is 0.00806. The van der Waals surface area contributed by atoms with E-state index in [2.05, 4.69) is 10.3 Å². The van der Waals surface area contributed by atoms with Gasteiger partial charge in [0.15, 0.2) is 0 Å². The monoisotopic (exact) mass is 241 g/mol. The molecule has 3 rings (SSSR count). The summed E-state index contributed by atoms with van der Waals surface area (Å²) < 4.78 is 40.0. The Morgan fingerprint density at radius 3 is 2.94 bits per heavy atom. The molecule has 90 valence electrons. The van der Waals surface area contributed by atoms with E-state index in [9.17, 15) is 13.2 Å². The van der Waals surface area contributed by atoms with Crippen molar-refractivity contribution in [2.45, 2.75) is 19.1 Å². The molecule has 3 nitrogen and oxygen atoms in total. The molecule has 0 saturated carbocycles. The van der Waals surface area contributed by atoms with Gasteiger partial charge in [0, 0.05) is 25.7 Å². The summed E-state index contributed by atoms with van der Waals surface area (Å²) in [6.45, 7) is 1.33. The van der Waals surface area contributed by atoms with Gasteiger partial charge in [-0.1, -0.05) is 0 Å². The van der Waals surface area contributed by atoms with Crippen LogP contribution < -0.4 is 5.32 Å². The molecule has 0 amide bonds. The Hall–Kier alpha value is -1.56. The molecule has 17 heavy (non-hydrogen) atoms. The number of halogens is 3. The van der Waals surface area contributed by atoms with Gasteiger partial charge in [-0.25, -0.2) is 4.98 Å². The second kappa shape index (κ2) is 3.46. The number of hydrogen-bond donors (Lipinski definition) is 1. The van der Waals surface area contributed by atoms with Gasteiger partial charge < -0.3 is 9.72 Å². The fourth-order valence-electron chi connectivity index (χ4n) is 2.19. The van der Waals surface area contributed by atoms with Crippen molar-refractivity contribution in [3.63, 3.8) is 0 Å². The number of rotatable bonds is 0. The molecule has 0 atom stereocenters. The van der Waals surface area contributed by atoms with Crippen LogP contribution in [0.5, 0.6) is 0 Å². The largest absolute Gasteiger partial charge is 0.419 e.